The molecular weight excluding hydrogens is 176 g/mol. The first-order valence-corrected chi connectivity index (χ1v) is 3.85. The van der Waals surface area contributed by atoms with Crippen molar-refractivity contribution in [1.82, 2.24) is 0 Å². The first kappa shape index (κ1) is 12.5. The molecule has 5 heteroatoms. The van der Waals surface area contributed by atoms with Crippen molar-refractivity contribution in [2.45, 2.75) is 25.4 Å². The number of hydrogen-bond donors (Lipinski definition) is 1. The van der Waals surface area contributed by atoms with Gasteiger partial charge in [-0.05, 0) is 6.92 Å². The number of carbonyl (C=O) groups is 1. The third-order valence-electron chi connectivity index (χ3n) is 1.71. The van der Waals surface area contributed by atoms with Crippen molar-refractivity contribution in [1.29, 1.82) is 0 Å². The number of hydrogen-bond acceptors (Lipinski definition) is 5. The third kappa shape index (κ3) is 3.40. The molecular formula is C8H16O5. The number of methoxy groups -OCH3 is 3. The van der Waals surface area contributed by atoms with E-state index < -0.39 is 18.5 Å². The van der Waals surface area contributed by atoms with Gasteiger partial charge in [-0.1, -0.05) is 0 Å². The number of ketones is 1. The van der Waals surface area contributed by atoms with Crippen molar-refractivity contribution in [3.05, 3.63) is 0 Å². The first-order chi connectivity index (χ1) is 6.08. The Kier molecular flexibility index (Phi) is 5.81. The second kappa shape index (κ2) is 6.04. The molecule has 0 aromatic carbocycles. The van der Waals surface area contributed by atoms with Crippen LogP contribution in [0.25, 0.3) is 0 Å². The van der Waals surface area contributed by atoms with Gasteiger partial charge in [0.1, 0.15) is 12.2 Å². The Morgan fingerprint density at radius 3 is 1.85 bits per heavy atom. The molecule has 0 unspecified atom stereocenters. The average Bonchev–Trinajstić information content (AvgIpc) is 2.07. The molecule has 0 saturated heterocycles. The SMILES string of the molecule is COC(OC)[C@H](O)[C@H](OC)C(C)=O. The number of Topliss-reactive ketones (excluding diaryl/α,β-unsaturated/α-hetero) is 1. The molecule has 0 aromatic rings. The van der Waals surface area contributed by atoms with Crippen LogP contribution in [0.2, 0.25) is 0 Å². The van der Waals surface area contributed by atoms with Gasteiger partial charge in [0.2, 0.25) is 0 Å². The van der Waals surface area contributed by atoms with Gasteiger partial charge in [0, 0.05) is 21.3 Å². The van der Waals surface area contributed by atoms with Crippen LogP contribution in [0.5, 0.6) is 0 Å². The average molecular weight is 192 g/mol. The predicted octanol–water partition coefficient (Wildman–Crippen LogP) is -0.430. The lowest BCUT2D eigenvalue weighted by Crippen LogP contribution is -2.44. The maximum Gasteiger partial charge on any atom is 0.185 e. The van der Waals surface area contributed by atoms with Crippen molar-refractivity contribution in [2.24, 2.45) is 0 Å². The Labute approximate surface area is 77.6 Å². The minimum absolute atomic E-state index is 0.269. The fourth-order valence-corrected chi connectivity index (χ4v) is 1.06. The second-order valence-corrected chi connectivity index (χ2v) is 2.60. The van der Waals surface area contributed by atoms with E-state index >= 15 is 0 Å². The van der Waals surface area contributed by atoms with Crippen molar-refractivity contribution in [3.63, 3.8) is 0 Å². The topological polar surface area (TPSA) is 65.0 Å². The molecule has 78 valence electrons. The normalized spacial score (nSPS) is 15.8. The Hall–Kier alpha value is -0.490. The predicted molar refractivity (Wildman–Crippen MR) is 45.3 cm³/mol. The van der Waals surface area contributed by atoms with E-state index in [1.54, 1.807) is 0 Å². The minimum atomic E-state index is -1.11. The maximum absolute atomic E-state index is 11.0. The molecule has 13 heavy (non-hydrogen) atoms. The maximum atomic E-state index is 11.0. The molecule has 0 saturated carbocycles. The zero-order chi connectivity index (χ0) is 10.4. The van der Waals surface area contributed by atoms with Gasteiger partial charge in [-0.15, -0.1) is 0 Å². The number of aliphatic hydroxyl groups is 1. The van der Waals surface area contributed by atoms with E-state index in [0.29, 0.717) is 0 Å². The van der Waals surface area contributed by atoms with Crippen LogP contribution in [-0.2, 0) is 19.0 Å². The molecule has 0 aliphatic heterocycles. The summed E-state index contributed by atoms with van der Waals surface area (Å²) < 4.78 is 14.4. The van der Waals surface area contributed by atoms with E-state index in [1.807, 2.05) is 0 Å². The van der Waals surface area contributed by atoms with Gasteiger partial charge in [-0.2, -0.15) is 0 Å². The molecule has 0 aromatic heterocycles. The van der Waals surface area contributed by atoms with Crippen LogP contribution in [0.1, 0.15) is 6.92 Å². The molecule has 0 aliphatic rings. The van der Waals surface area contributed by atoms with Gasteiger partial charge in [0.15, 0.2) is 12.1 Å². The lowest BCUT2D eigenvalue weighted by Gasteiger charge is -2.24. The molecule has 2 atom stereocenters. The van der Waals surface area contributed by atoms with E-state index in [2.05, 4.69) is 0 Å². The van der Waals surface area contributed by atoms with E-state index in [4.69, 9.17) is 14.2 Å². The Morgan fingerprint density at radius 1 is 1.15 bits per heavy atom. The Balaban J connectivity index is 4.33. The minimum Gasteiger partial charge on any atom is -0.385 e. The van der Waals surface area contributed by atoms with Crippen LogP contribution in [0, 0.1) is 0 Å². The summed E-state index contributed by atoms with van der Waals surface area (Å²) in [5.74, 6) is -0.269. The lowest BCUT2D eigenvalue weighted by molar-refractivity contribution is -0.195. The number of aliphatic hydroxyl groups excluding tert-OH is 1. The van der Waals surface area contributed by atoms with Gasteiger partial charge in [-0.3, -0.25) is 4.79 Å². The van der Waals surface area contributed by atoms with Crippen LogP contribution in [0.4, 0.5) is 0 Å². The van der Waals surface area contributed by atoms with Gasteiger partial charge in [0.05, 0.1) is 0 Å². The summed E-state index contributed by atoms with van der Waals surface area (Å²) in [6.07, 6.45) is -2.88. The van der Waals surface area contributed by atoms with Crippen LogP contribution in [0.3, 0.4) is 0 Å². The van der Waals surface area contributed by atoms with Crippen molar-refractivity contribution < 1.29 is 24.1 Å². The Bertz CT molecular complexity index is 155. The van der Waals surface area contributed by atoms with Gasteiger partial charge in [0.25, 0.3) is 0 Å². The zero-order valence-corrected chi connectivity index (χ0v) is 8.31. The molecule has 0 spiro atoms. The van der Waals surface area contributed by atoms with Gasteiger partial charge >= 0.3 is 0 Å². The molecule has 0 fully saturated rings. The zero-order valence-electron chi connectivity index (χ0n) is 8.31. The Morgan fingerprint density at radius 2 is 1.62 bits per heavy atom. The first-order valence-electron chi connectivity index (χ1n) is 3.85. The van der Waals surface area contributed by atoms with Gasteiger partial charge < -0.3 is 19.3 Å². The summed E-state index contributed by atoms with van der Waals surface area (Å²) in [7, 11) is 4.10. The summed E-state index contributed by atoms with van der Waals surface area (Å²) in [5.41, 5.74) is 0. The highest BCUT2D eigenvalue weighted by Gasteiger charge is 2.30. The fourth-order valence-electron chi connectivity index (χ4n) is 1.06. The highest BCUT2D eigenvalue weighted by atomic mass is 16.7. The third-order valence-corrected chi connectivity index (χ3v) is 1.71. The molecule has 1 N–H and O–H groups in total. The molecule has 0 heterocycles. The lowest BCUT2D eigenvalue weighted by atomic mass is 10.1. The van der Waals surface area contributed by atoms with Crippen LogP contribution in [0.15, 0.2) is 0 Å². The fraction of sp³-hybridized carbons (Fsp3) is 0.875. The molecule has 0 radical (unpaired) electrons. The highest BCUT2D eigenvalue weighted by molar-refractivity contribution is 5.81. The van der Waals surface area contributed by atoms with E-state index in [1.165, 1.54) is 28.3 Å². The summed E-state index contributed by atoms with van der Waals surface area (Å²) in [4.78, 5) is 11.0. The van der Waals surface area contributed by atoms with Gasteiger partial charge in [-0.25, -0.2) is 0 Å². The molecule has 0 rings (SSSR count). The molecule has 0 amide bonds. The van der Waals surface area contributed by atoms with Crippen LogP contribution < -0.4 is 0 Å². The quantitative estimate of drug-likeness (QED) is 0.578. The monoisotopic (exact) mass is 192 g/mol. The summed E-state index contributed by atoms with van der Waals surface area (Å²) >= 11 is 0. The van der Waals surface area contributed by atoms with Crippen LogP contribution >= 0.6 is 0 Å². The molecule has 5 nitrogen and oxygen atoms in total. The summed E-state index contributed by atoms with van der Waals surface area (Å²) in [5, 5.41) is 9.54. The van der Waals surface area contributed by atoms with Crippen molar-refractivity contribution in [3.8, 4) is 0 Å². The van der Waals surface area contributed by atoms with E-state index in [9.17, 15) is 9.90 Å². The largest absolute Gasteiger partial charge is 0.385 e. The van der Waals surface area contributed by atoms with Crippen molar-refractivity contribution >= 4 is 5.78 Å². The highest BCUT2D eigenvalue weighted by Crippen LogP contribution is 2.08. The van der Waals surface area contributed by atoms with Crippen LogP contribution in [-0.4, -0.2) is 50.7 Å². The second-order valence-electron chi connectivity index (χ2n) is 2.60. The smallest absolute Gasteiger partial charge is 0.185 e. The molecule has 0 aliphatic carbocycles. The number of carbonyl (C=O) groups excluding carboxylic acids is 1. The summed E-state index contributed by atoms with van der Waals surface area (Å²) in [6.45, 7) is 1.33. The van der Waals surface area contributed by atoms with Crippen molar-refractivity contribution in [2.75, 3.05) is 21.3 Å². The standard InChI is InChI=1S/C8H16O5/c1-5(9)7(11-2)6(10)8(12-3)13-4/h6-8,10H,1-4H3/t6-,7-/m1/s1. The summed E-state index contributed by atoms with van der Waals surface area (Å²) in [6, 6.07) is 0. The van der Waals surface area contributed by atoms with E-state index in [-0.39, 0.29) is 5.78 Å². The number of rotatable bonds is 6. The molecule has 0 bridgehead atoms. The number of ether oxygens (including phenoxy) is 3. The van der Waals surface area contributed by atoms with E-state index in [0.717, 1.165) is 0 Å².